The maximum Gasteiger partial charge on any atom is 0.00670 e. The molecule has 54 valence electrons. The first-order valence-electron chi connectivity index (χ1n) is 3.97. The lowest BCUT2D eigenvalue weighted by Gasteiger charge is -2.31. The van der Waals surface area contributed by atoms with Crippen molar-refractivity contribution in [3.63, 3.8) is 0 Å². The van der Waals surface area contributed by atoms with Crippen molar-refractivity contribution in [2.75, 3.05) is 0 Å². The highest BCUT2D eigenvalue weighted by molar-refractivity contribution is 4.78. The molecule has 1 saturated carbocycles. The standard InChI is InChI=1S/C8H17N/c1-6-4-3-5-8(9)7(6)2/h6-8H,3-5,9H2,1-2H3/t6-,7+,8-/m1/s1. The SMILES string of the molecule is C[C@H]1[C@H](C)CCC[C@H]1N. The van der Waals surface area contributed by atoms with Crippen LogP contribution in [0.15, 0.2) is 0 Å². The third-order valence-corrected chi connectivity index (χ3v) is 2.77. The topological polar surface area (TPSA) is 26.0 Å². The van der Waals surface area contributed by atoms with Crippen LogP contribution < -0.4 is 5.73 Å². The fraction of sp³-hybridized carbons (Fsp3) is 1.00. The van der Waals surface area contributed by atoms with E-state index in [1.165, 1.54) is 19.3 Å². The van der Waals surface area contributed by atoms with Gasteiger partial charge in [-0.15, -0.1) is 0 Å². The Morgan fingerprint density at radius 1 is 1.22 bits per heavy atom. The molecule has 9 heavy (non-hydrogen) atoms. The van der Waals surface area contributed by atoms with Crippen molar-refractivity contribution in [3.8, 4) is 0 Å². The predicted octanol–water partition coefficient (Wildman–Crippen LogP) is 1.77. The molecule has 0 unspecified atom stereocenters. The van der Waals surface area contributed by atoms with Gasteiger partial charge >= 0.3 is 0 Å². The highest BCUT2D eigenvalue weighted by atomic mass is 14.7. The Morgan fingerprint density at radius 2 is 1.89 bits per heavy atom. The summed E-state index contributed by atoms with van der Waals surface area (Å²) in [6.45, 7) is 4.58. The van der Waals surface area contributed by atoms with Crippen molar-refractivity contribution in [1.82, 2.24) is 0 Å². The van der Waals surface area contributed by atoms with Crippen molar-refractivity contribution in [1.29, 1.82) is 0 Å². The Morgan fingerprint density at radius 3 is 2.33 bits per heavy atom. The monoisotopic (exact) mass is 127 g/mol. The lowest BCUT2D eigenvalue weighted by molar-refractivity contribution is 0.240. The molecule has 1 fully saturated rings. The second-order valence-electron chi connectivity index (χ2n) is 3.43. The molecular weight excluding hydrogens is 110 g/mol. The van der Waals surface area contributed by atoms with E-state index < -0.39 is 0 Å². The third-order valence-electron chi connectivity index (χ3n) is 2.77. The molecule has 1 nitrogen and oxygen atoms in total. The van der Waals surface area contributed by atoms with Gasteiger partial charge in [0.15, 0.2) is 0 Å². The van der Waals surface area contributed by atoms with Crippen molar-refractivity contribution in [3.05, 3.63) is 0 Å². The second-order valence-corrected chi connectivity index (χ2v) is 3.43. The van der Waals surface area contributed by atoms with Gasteiger partial charge in [0.05, 0.1) is 0 Å². The molecule has 0 spiro atoms. The minimum absolute atomic E-state index is 0.480. The Hall–Kier alpha value is -0.0400. The molecule has 1 heteroatoms. The Balaban J connectivity index is 2.41. The van der Waals surface area contributed by atoms with Crippen molar-refractivity contribution < 1.29 is 0 Å². The molecule has 0 bridgehead atoms. The van der Waals surface area contributed by atoms with Crippen LogP contribution in [-0.4, -0.2) is 6.04 Å². The number of rotatable bonds is 0. The fourth-order valence-corrected chi connectivity index (χ4v) is 1.62. The molecule has 0 aromatic carbocycles. The number of hydrogen-bond donors (Lipinski definition) is 1. The van der Waals surface area contributed by atoms with E-state index in [2.05, 4.69) is 13.8 Å². The molecule has 2 N–H and O–H groups in total. The van der Waals surface area contributed by atoms with Crippen LogP contribution >= 0.6 is 0 Å². The first kappa shape index (κ1) is 7.07. The summed E-state index contributed by atoms with van der Waals surface area (Å²) in [6, 6.07) is 0.480. The van der Waals surface area contributed by atoms with E-state index >= 15 is 0 Å². The summed E-state index contributed by atoms with van der Waals surface area (Å²) in [5.41, 5.74) is 5.87. The van der Waals surface area contributed by atoms with Gasteiger partial charge in [0.25, 0.3) is 0 Å². The van der Waals surface area contributed by atoms with E-state index in [4.69, 9.17) is 5.73 Å². The molecule has 1 rings (SSSR count). The molecule has 1 aliphatic carbocycles. The molecule has 3 atom stereocenters. The maximum atomic E-state index is 5.87. The molecule has 0 saturated heterocycles. The van der Waals surface area contributed by atoms with Crippen LogP contribution in [0.3, 0.4) is 0 Å². The van der Waals surface area contributed by atoms with E-state index in [0.717, 1.165) is 11.8 Å². The van der Waals surface area contributed by atoms with Crippen LogP contribution in [0.25, 0.3) is 0 Å². The smallest absolute Gasteiger partial charge is 0.00670 e. The minimum atomic E-state index is 0.480. The van der Waals surface area contributed by atoms with Gasteiger partial charge in [-0.1, -0.05) is 26.7 Å². The zero-order valence-electron chi connectivity index (χ0n) is 6.43. The summed E-state index contributed by atoms with van der Waals surface area (Å²) in [5, 5.41) is 0. The van der Waals surface area contributed by atoms with Crippen molar-refractivity contribution in [2.24, 2.45) is 17.6 Å². The quantitative estimate of drug-likeness (QED) is 0.527. The second kappa shape index (κ2) is 2.70. The van der Waals surface area contributed by atoms with Crippen LogP contribution in [0.5, 0.6) is 0 Å². The molecule has 0 amide bonds. The summed E-state index contributed by atoms with van der Waals surface area (Å²) in [5.74, 6) is 1.60. The predicted molar refractivity (Wildman–Crippen MR) is 40.2 cm³/mol. The van der Waals surface area contributed by atoms with Crippen molar-refractivity contribution in [2.45, 2.75) is 39.2 Å². The lowest BCUT2D eigenvalue weighted by Crippen LogP contribution is -2.35. The average molecular weight is 127 g/mol. The van der Waals surface area contributed by atoms with E-state index in [1.807, 2.05) is 0 Å². The zero-order valence-corrected chi connectivity index (χ0v) is 6.43. The van der Waals surface area contributed by atoms with Gasteiger partial charge in [-0.2, -0.15) is 0 Å². The summed E-state index contributed by atoms with van der Waals surface area (Å²) < 4.78 is 0. The van der Waals surface area contributed by atoms with Gasteiger partial charge in [-0.25, -0.2) is 0 Å². The normalized spacial score (nSPS) is 45.0. The first-order valence-corrected chi connectivity index (χ1v) is 3.97. The number of hydrogen-bond acceptors (Lipinski definition) is 1. The zero-order chi connectivity index (χ0) is 6.85. The van der Waals surface area contributed by atoms with Crippen LogP contribution in [0, 0.1) is 11.8 Å². The van der Waals surface area contributed by atoms with Crippen LogP contribution in [0.2, 0.25) is 0 Å². The third kappa shape index (κ3) is 1.45. The van der Waals surface area contributed by atoms with Gasteiger partial charge in [0, 0.05) is 6.04 Å². The Bertz CT molecular complexity index is 80.6. The van der Waals surface area contributed by atoms with E-state index in [9.17, 15) is 0 Å². The van der Waals surface area contributed by atoms with E-state index in [0.29, 0.717) is 6.04 Å². The molecular formula is C8H17N. The van der Waals surface area contributed by atoms with Gasteiger partial charge in [-0.05, 0) is 18.3 Å². The van der Waals surface area contributed by atoms with E-state index in [-0.39, 0.29) is 0 Å². The molecule has 0 aromatic rings. The largest absolute Gasteiger partial charge is 0.327 e. The molecule has 0 radical (unpaired) electrons. The Labute approximate surface area is 57.6 Å². The highest BCUT2D eigenvalue weighted by Crippen LogP contribution is 2.27. The average Bonchev–Trinajstić information content (AvgIpc) is 1.83. The molecule has 0 aromatic heterocycles. The van der Waals surface area contributed by atoms with Crippen LogP contribution in [0.4, 0.5) is 0 Å². The van der Waals surface area contributed by atoms with Gasteiger partial charge in [-0.3, -0.25) is 0 Å². The summed E-state index contributed by atoms with van der Waals surface area (Å²) in [6.07, 6.45) is 3.97. The van der Waals surface area contributed by atoms with Gasteiger partial charge in [0.2, 0.25) is 0 Å². The molecule has 1 aliphatic rings. The van der Waals surface area contributed by atoms with E-state index in [1.54, 1.807) is 0 Å². The molecule has 0 heterocycles. The first-order chi connectivity index (χ1) is 4.22. The number of nitrogens with two attached hydrogens (primary N) is 1. The van der Waals surface area contributed by atoms with Gasteiger partial charge in [0.1, 0.15) is 0 Å². The van der Waals surface area contributed by atoms with Crippen molar-refractivity contribution >= 4 is 0 Å². The maximum absolute atomic E-state index is 5.87. The summed E-state index contributed by atoms with van der Waals surface area (Å²) in [4.78, 5) is 0. The van der Waals surface area contributed by atoms with Crippen LogP contribution in [-0.2, 0) is 0 Å². The minimum Gasteiger partial charge on any atom is -0.327 e. The molecule has 0 aliphatic heterocycles. The van der Waals surface area contributed by atoms with Crippen LogP contribution in [0.1, 0.15) is 33.1 Å². The summed E-state index contributed by atoms with van der Waals surface area (Å²) >= 11 is 0. The Kier molecular flexibility index (Phi) is 2.12. The highest BCUT2D eigenvalue weighted by Gasteiger charge is 2.23. The lowest BCUT2D eigenvalue weighted by atomic mass is 9.78. The van der Waals surface area contributed by atoms with Gasteiger partial charge < -0.3 is 5.73 Å². The summed E-state index contributed by atoms with van der Waals surface area (Å²) in [7, 11) is 0. The fourth-order valence-electron chi connectivity index (χ4n) is 1.62.